The zero-order valence-corrected chi connectivity index (χ0v) is 28.5. The van der Waals surface area contributed by atoms with Gasteiger partial charge in [0.05, 0.1) is 5.56 Å². The van der Waals surface area contributed by atoms with Crippen LogP contribution < -0.4 is 5.73 Å². The van der Waals surface area contributed by atoms with E-state index in [4.69, 9.17) is 24.3 Å². The normalized spacial score (nSPS) is 17.1. The molecular weight excluding hydrogens is 623 g/mol. The van der Waals surface area contributed by atoms with Crippen LogP contribution in [0, 0.1) is 5.92 Å². The largest absolute Gasteiger partial charge is 0.480 e. The fourth-order valence-electron chi connectivity index (χ4n) is 5.09. The van der Waals surface area contributed by atoms with Crippen molar-refractivity contribution in [2.24, 2.45) is 11.7 Å². The van der Waals surface area contributed by atoms with E-state index >= 15 is 0 Å². The lowest BCUT2D eigenvalue weighted by Gasteiger charge is -2.34. The lowest BCUT2D eigenvalue weighted by molar-refractivity contribution is -0.171. The maximum Gasteiger partial charge on any atom is 0.338 e. The number of rotatable bonds is 20. The molecule has 0 bridgehead atoms. The molecule has 0 saturated carbocycles. The van der Waals surface area contributed by atoms with E-state index < -0.39 is 56.5 Å². The molecule has 1 heterocycles. The van der Waals surface area contributed by atoms with Crippen molar-refractivity contribution < 1.29 is 42.8 Å². The molecule has 2 aromatic carbocycles. The predicted molar refractivity (Wildman–Crippen MR) is 178 cm³/mol. The zero-order chi connectivity index (χ0) is 34.2. The third kappa shape index (κ3) is 12.3. The molecule has 47 heavy (non-hydrogen) atoms. The molecule has 1 aliphatic heterocycles. The van der Waals surface area contributed by atoms with E-state index in [2.05, 4.69) is 0 Å². The summed E-state index contributed by atoms with van der Waals surface area (Å²) < 4.78 is 24.9. The Morgan fingerprint density at radius 3 is 2.26 bits per heavy atom. The Kier molecular flexibility index (Phi) is 16.3. The summed E-state index contributed by atoms with van der Waals surface area (Å²) in [6.45, 7) is 6.33. The van der Waals surface area contributed by atoms with Crippen molar-refractivity contribution in [1.29, 1.82) is 0 Å². The van der Waals surface area contributed by atoms with Crippen molar-refractivity contribution in [2.75, 3.05) is 13.1 Å². The van der Waals surface area contributed by atoms with Crippen LogP contribution in [-0.2, 0) is 39.3 Å². The second kappa shape index (κ2) is 20.1. The molecule has 1 fully saturated rings. The van der Waals surface area contributed by atoms with Gasteiger partial charge in [-0.1, -0.05) is 75.7 Å². The number of nitrogens with two attached hydrogens (primary N) is 1. The van der Waals surface area contributed by atoms with Gasteiger partial charge in [0.25, 0.3) is 5.91 Å². The Morgan fingerprint density at radius 1 is 0.957 bits per heavy atom. The van der Waals surface area contributed by atoms with Gasteiger partial charge in [-0.2, -0.15) is 0 Å². The number of carboxylic acids is 1. The molecule has 258 valence electrons. The number of carbonyl (C=O) groups is 4. The maximum atomic E-state index is 14.0. The van der Waals surface area contributed by atoms with Crippen molar-refractivity contribution in [2.45, 2.75) is 103 Å². The summed E-state index contributed by atoms with van der Waals surface area (Å²) in [4.78, 5) is 53.6. The van der Waals surface area contributed by atoms with Gasteiger partial charge in [-0.25, -0.2) is 9.59 Å². The quantitative estimate of drug-likeness (QED) is 0.0736. The second-order valence-electron chi connectivity index (χ2n) is 11.9. The minimum atomic E-state index is -2.27. The lowest BCUT2D eigenvalue weighted by atomic mass is 10.1. The molecule has 3 N–H and O–H groups in total. The van der Waals surface area contributed by atoms with Crippen LogP contribution in [0.1, 0.15) is 88.1 Å². The summed E-state index contributed by atoms with van der Waals surface area (Å²) in [7, 11) is -2.27. The first-order valence-electron chi connectivity index (χ1n) is 16.5. The number of likely N-dealkylation sites (tertiary alicyclic amines) is 1. The fraction of sp³-hybridized carbons (Fsp3) is 0.543. The Balaban J connectivity index is 2.03. The van der Waals surface area contributed by atoms with Crippen LogP contribution in [0.5, 0.6) is 0 Å². The summed E-state index contributed by atoms with van der Waals surface area (Å²) in [5, 5.41) is 9.82. The molecular formula is C35H49N2O9P. The van der Waals surface area contributed by atoms with Gasteiger partial charge in [-0.15, -0.1) is 0 Å². The Labute approximate surface area is 279 Å². The molecule has 0 aromatic heterocycles. The number of esters is 2. The van der Waals surface area contributed by atoms with Gasteiger partial charge in [-0.05, 0) is 62.8 Å². The number of unbranched alkanes of at least 4 members (excludes halogenated alkanes) is 2. The predicted octanol–water partition coefficient (Wildman–Crippen LogP) is 6.05. The summed E-state index contributed by atoms with van der Waals surface area (Å²) in [6, 6.07) is 16.9. The smallest absolute Gasteiger partial charge is 0.338 e. The first kappa shape index (κ1) is 38.1. The third-order valence-corrected chi connectivity index (χ3v) is 9.36. The van der Waals surface area contributed by atoms with E-state index in [1.54, 1.807) is 30.3 Å². The second-order valence-corrected chi connectivity index (χ2v) is 13.5. The number of nitrogens with zero attached hydrogens (tertiary/aromatic N) is 1. The van der Waals surface area contributed by atoms with E-state index in [0.29, 0.717) is 44.2 Å². The molecule has 3 rings (SSSR count). The number of ether oxygens (including phenoxy) is 2. The van der Waals surface area contributed by atoms with Crippen LogP contribution in [0.25, 0.3) is 0 Å². The van der Waals surface area contributed by atoms with Gasteiger partial charge in [0.15, 0.2) is 5.85 Å². The number of carboxylic acid groups (broad SMARTS) is 1. The fourth-order valence-corrected chi connectivity index (χ4v) is 6.89. The summed E-state index contributed by atoms with van der Waals surface area (Å²) >= 11 is 0. The monoisotopic (exact) mass is 672 g/mol. The number of hydrogen-bond acceptors (Lipinski definition) is 9. The number of amides is 1. The molecule has 1 aliphatic rings. The minimum absolute atomic E-state index is 0.185. The first-order chi connectivity index (χ1) is 22.6. The van der Waals surface area contributed by atoms with Crippen LogP contribution >= 0.6 is 8.38 Å². The number of carbonyl (C=O) groups excluding carboxylic acids is 3. The molecule has 3 unspecified atom stereocenters. The van der Waals surface area contributed by atoms with E-state index in [-0.39, 0.29) is 31.7 Å². The van der Waals surface area contributed by atoms with Crippen molar-refractivity contribution in [3.63, 3.8) is 0 Å². The molecule has 2 aromatic rings. The van der Waals surface area contributed by atoms with Gasteiger partial charge in [-0.3, -0.25) is 14.1 Å². The molecule has 1 saturated heterocycles. The van der Waals surface area contributed by atoms with E-state index in [9.17, 15) is 24.3 Å². The Hall–Kier alpha value is -3.37. The Morgan fingerprint density at radius 2 is 1.64 bits per heavy atom. The highest BCUT2D eigenvalue weighted by Gasteiger charge is 2.41. The molecule has 0 radical (unpaired) electrons. The topological polar surface area (TPSA) is 155 Å². The van der Waals surface area contributed by atoms with Crippen molar-refractivity contribution >= 4 is 32.2 Å². The maximum absolute atomic E-state index is 14.0. The molecule has 12 heteroatoms. The van der Waals surface area contributed by atoms with Crippen LogP contribution in [0.2, 0.25) is 0 Å². The highest BCUT2D eigenvalue weighted by Crippen LogP contribution is 2.50. The van der Waals surface area contributed by atoms with E-state index in [0.717, 1.165) is 12.0 Å². The molecule has 11 nitrogen and oxygen atoms in total. The number of aliphatic carboxylic acids is 1. The first-order valence-corrected chi connectivity index (χ1v) is 17.7. The van der Waals surface area contributed by atoms with Crippen LogP contribution in [0.4, 0.5) is 0 Å². The molecule has 0 aliphatic carbocycles. The van der Waals surface area contributed by atoms with Crippen LogP contribution in [0.15, 0.2) is 60.7 Å². The average Bonchev–Trinajstić information content (AvgIpc) is 3.57. The van der Waals surface area contributed by atoms with Crippen molar-refractivity contribution in [1.82, 2.24) is 4.90 Å². The molecule has 0 spiro atoms. The van der Waals surface area contributed by atoms with Crippen molar-refractivity contribution in [3.8, 4) is 0 Å². The highest BCUT2D eigenvalue weighted by molar-refractivity contribution is 7.48. The zero-order valence-electron chi connectivity index (χ0n) is 27.6. The lowest BCUT2D eigenvalue weighted by Crippen LogP contribution is -2.46. The molecule has 5 atom stereocenters. The molecule has 1 amide bonds. The third-order valence-electron chi connectivity index (χ3n) is 7.72. The van der Waals surface area contributed by atoms with Gasteiger partial charge in [0.1, 0.15) is 12.1 Å². The summed E-state index contributed by atoms with van der Waals surface area (Å²) in [5.41, 5.74) is 6.91. The SMILES string of the molecule is CCCCC(=O)OC(O[P@](OC(CCCCN)C(=O)N1CCC[C@H]1C(=O)O)C(Cc1ccccc1)OC(=O)c1ccccc1)C(C)C. The van der Waals surface area contributed by atoms with E-state index in [1.807, 2.05) is 51.1 Å². The van der Waals surface area contributed by atoms with Crippen LogP contribution in [0.3, 0.4) is 0 Å². The number of benzene rings is 2. The van der Waals surface area contributed by atoms with Gasteiger partial charge < -0.3 is 29.7 Å². The standard InChI is InChI=1S/C35H49N2O9P/c1-4-5-21-30(38)43-35(25(2)3)46-47(45-29(20-12-13-22-36)32(39)37-23-14-19-28(37)33(40)41)31(24-26-15-8-6-9-16-26)44-34(42)27-17-10-7-11-18-27/h6-11,15-18,25,28-29,31,35H,4-5,12-14,19-24,36H2,1-3H3,(H,40,41)/t28-,29?,31?,35?,47-/m0/s1. The Bertz CT molecular complexity index is 1260. The average molecular weight is 673 g/mol. The number of hydrogen-bond donors (Lipinski definition) is 2. The summed E-state index contributed by atoms with van der Waals surface area (Å²) in [5.74, 6) is -3.92. The van der Waals surface area contributed by atoms with Gasteiger partial charge in [0.2, 0.25) is 14.7 Å². The van der Waals surface area contributed by atoms with E-state index in [1.165, 1.54) is 4.90 Å². The van der Waals surface area contributed by atoms with Crippen molar-refractivity contribution in [3.05, 3.63) is 71.8 Å². The van der Waals surface area contributed by atoms with Crippen LogP contribution in [-0.4, -0.2) is 71.2 Å². The minimum Gasteiger partial charge on any atom is -0.480 e. The highest BCUT2D eigenvalue weighted by atomic mass is 31.2. The van der Waals surface area contributed by atoms with Gasteiger partial charge >= 0.3 is 17.9 Å². The summed E-state index contributed by atoms with van der Waals surface area (Å²) in [6.07, 6.45) is 1.99. The van der Waals surface area contributed by atoms with Gasteiger partial charge in [0, 0.05) is 25.3 Å².